The number of hydrogen-bond acceptors (Lipinski definition) is 5. The number of carbonyl (C=O) groups is 1. The lowest BCUT2D eigenvalue weighted by Crippen LogP contribution is -2.47. The standard InChI is InChI=1S/C25H39N3O2/c1-25(2)16-23(27(3)17-18-5-6-18)24(29)21-8-7-20(15-22(21)25)26-19-9-11-28(12-10-19)13-14-30-4/h7-8,15,18-19,23,26H,5-6,9-14,16-17H2,1-4H3. The highest BCUT2D eigenvalue weighted by molar-refractivity contribution is 6.03. The van der Waals surface area contributed by atoms with Gasteiger partial charge < -0.3 is 15.0 Å². The molecule has 2 aliphatic carbocycles. The summed E-state index contributed by atoms with van der Waals surface area (Å²) in [5.41, 5.74) is 3.31. The van der Waals surface area contributed by atoms with Crippen LogP contribution in [0.5, 0.6) is 0 Å². The number of likely N-dealkylation sites (tertiary alicyclic amines) is 1. The highest BCUT2D eigenvalue weighted by Crippen LogP contribution is 2.40. The van der Waals surface area contributed by atoms with Crippen molar-refractivity contribution in [1.29, 1.82) is 0 Å². The lowest BCUT2D eigenvalue weighted by Gasteiger charge is -2.40. The van der Waals surface area contributed by atoms with Gasteiger partial charge in [-0.1, -0.05) is 13.8 Å². The maximum atomic E-state index is 13.3. The third-order valence-electron chi connectivity index (χ3n) is 7.37. The minimum atomic E-state index is 0.00687. The third-order valence-corrected chi connectivity index (χ3v) is 7.37. The molecule has 1 saturated heterocycles. The Kier molecular flexibility index (Phi) is 6.52. The van der Waals surface area contributed by atoms with E-state index < -0.39 is 0 Å². The maximum Gasteiger partial charge on any atom is 0.180 e. The Balaban J connectivity index is 1.42. The summed E-state index contributed by atoms with van der Waals surface area (Å²) in [6.45, 7) is 9.72. The zero-order chi connectivity index (χ0) is 21.3. The average molecular weight is 414 g/mol. The van der Waals surface area contributed by atoms with Gasteiger partial charge in [0.2, 0.25) is 0 Å². The van der Waals surface area contributed by atoms with Crippen LogP contribution in [0.25, 0.3) is 0 Å². The van der Waals surface area contributed by atoms with Crippen LogP contribution in [-0.2, 0) is 10.2 Å². The first kappa shape index (κ1) is 21.8. The van der Waals surface area contributed by atoms with Crippen LogP contribution in [0.4, 0.5) is 5.69 Å². The van der Waals surface area contributed by atoms with Gasteiger partial charge in [-0.05, 0) is 74.2 Å². The lowest BCUT2D eigenvalue weighted by atomic mass is 9.69. The molecule has 166 valence electrons. The predicted molar refractivity (Wildman–Crippen MR) is 123 cm³/mol. The fraction of sp³-hybridized carbons (Fsp3) is 0.720. The number of hydrogen-bond donors (Lipinski definition) is 1. The van der Waals surface area contributed by atoms with E-state index in [2.05, 4.69) is 54.2 Å². The zero-order valence-corrected chi connectivity index (χ0v) is 19.2. The van der Waals surface area contributed by atoms with Crippen LogP contribution in [-0.4, -0.2) is 74.6 Å². The fourth-order valence-corrected chi connectivity index (χ4v) is 5.22. The zero-order valence-electron chi connectivity index (χ0n) is 19.2. The molecule has 3 aliphatic rings. The Morgan fingerprint density at radius 1 is 1.20 bits per heavy atom. The Morgan fingerprint density at radius 2 is 1.93 bits per heavy atom. The molecule has 1 heterocycles. The molecular weight excluding hydrogens is 374 g/mol. The molecule has 1 N–H and O–H groups in total. The molecule has 1 unspecified atom stereocenters. The molecule has 1 aromatic carbocycles. The van der Waals surface area contributed by atoms with Gasteiger partial charge in [-0.25, -0.2) is 0 Å². The van der Waals surface area contributed by atoms with E-state index >= 15 is 0 Å². The van der Waals surface area contributed by atoms with E-state index in [1.54, 1.807) is 7.11 Å². The van der Waals surface area contributed by atoms with Crippen LogP contribution in [0.2, 0.25) is 0 Å². The number of ketones is 1. The number of carbonyl (C=O) groups excluding carboxylic acids is 1. The van der Waals surface area contributed by atoms with Gasteiger partial charge in [-0.3, -0.25) is 9.69 Å². The molecule has 0 spiro atoms. The van der Waals surface area contributed by atoms with Gasteiger partial charge in [0.15, 0.2) is 5.78 Å². The number of nitrogens with one attached hydrogen (secondary N) is 1. The number of likely N-dealkylation sites (N-methyl/N-ethyl adjacent to an activating group) is 1. The molecular formula is C25H39N3O2. The van der Waals surface area contributed by atoms with Crippen molar-refractivity contribution < 1.29 is 9.53 Å². The van der Waals surface area contributed by atoms with Gasteiger partial charge in [-0.15, -0.1) is 0 Å². The van der Waals surface area contributed by atoms with E-state index in [1.165, 1.54) is 18.4 Å². The van der Waals surface area contributed by atoms with Gasteiger partial charge in [-0.2, -0.15) is 0 Å². The summed E-state index contributed by atoms with van der Waals surface area (Å²) in [4.78, 5) is 18.1. The highest BCUT2D eigenvalue weighted by atomic mass is 16.5. The molecule has 4 rings (SSSR count). The quantitative estimate of drug-likeness (QED) is 0.703. The van der Waals surface area contributed by atoms with Crippen molar-refractivity contribution in [2.24, 2.45) is 5.92 Å². The minimum Gasteiger partial charge on any atom is -0.383 e. The Hall–Kier alpha value is -1.43. The molecule has 30 heavy (non-hydrogen) atoms. The van der Waals surface area contributed by atoms with Crippen molar-refractivity contribution >= 4 is 11.5 Å². The van der Waals surface area contributed by atoms with E-state index in [9.17, 15) is 4.79 Å². The number of piperidine rings is 1. The second-order valence-electron chi connectivity index (χ2n) is 10.4. The van der Waals surface area contributed by atoms with E-state index in [-0.39, 0.29) is 11.5 Å². The summed E-state index contributed by atoms with van der Waals surface area (Å²) in [5, 5.41) is 3.75. The third kappa shape index (κ3) is 4.90. The lowest BCUT2D eigenvalue weighted by molar-refractivity contribution is 0.0778. The van der Waals surface area contributed by atoms with Crippen LogP contribution in [0.3, 0.4) is 0 Å². The maximum absolute atomic E-state index is 13.3. The number of anilines is 1. The largest absolute Gasteiger partial charge is 0.383 e. The van der Waals surface area contributed by atoms with Crippen molar-refractivity contribution in [2.75, 3.05) is 52.3 Å². The molecule has 2 fully saturated rings. The second kappa shape index (κ2) is 8.97. The van der Waals surface area contributed by atoms with Gasteiger partial charge >= 0.3 is 0 Å². The Labute approximate surface area is 182 Å². The summed E-state index contributed by atoms with van der Waals surface area (Å²) < 4.78 is 5.20. The number of ether oxygens (including phenoxy) is 1. The Bertz CT molecular complexity index is 751. The van der Waals surface area contributed by atoms with Crippen molar-refractivity contribution in [3.05, 3.63) is 29.3 Å². The van der Waals surface area contributed by atoms with Gasteiger partial charge in [0.25, 0.3) is 0 Å². The molecule has 0 amide bonds. The molecule has 1 atom stereocenters. The van der Waals surface area contributed by atoms with E-state index in [0.717, 1.165) is 69.2 Å². The monoisotopic (exact) mass is 413 g/mol. The summed E-state index contributed by atoms with van der Waals surface area (Å²) in [7, 11) is 3.90. The SMILES string of the molecule is COCCN1CCC(Nc2ccc3c(c2)C(C)(C)CC(N(C)CC2CC2)C3=O)CC1. The fourth-order valence-electron chi connectivity index (χ4n) is 5.22. The summed E-state index contributed by atoms with van der Waals surface area (Å²) in [6.07, 6.45) is 5.86. The first-order valence-corrected chi connectivity index (χ1v) is 11.7. The topological polar surface area (TPSA) is 44.8 Å². The summed E-state index contributed by atoms with van der Waals surface area (Å²) in [5.74, 6) is 1.12. The van der Waals surface area contributed by atoms with Gasteiger partial charge in [0.05, 0.1) is 12.6 Å². The molecule has 0 bridgehead atoms. The normalized spacial score (nSPS) is 24.8. The number of Topliss-reactive ketones (excluding diaryl/α,β-unsaturated/α-hetero) is 1. The predicted octanol–water partition coefficient (Wildman–Crippen LogP) is 3.78. The van der Waals surface area contributed by atoms with Crippen LogP contribution >= 0.6 is 0 Å². The molecule has 0 aromatic heterocycles. The van der Waals surface area contributed by atoms with E-state index in [1.807, 2.05) is 0 Å². The van der Waals surface area contributed by atoms with Crippen LogP contribution in [0.15, 0.2) is 18.2 Å². The highest BCUT2D eigenvalue weighted by Gasteiger charge is 2.41. The summed E-state index contributed by atoms with van der Waals surface area (Å²) in [6, 6.07) is 6.96. The van der Waals surface area contributed by atoms with Gasteiger partial charge in [0, 0.05) is 50.6 Å². The first-order valence-electron chi connectivity index (χ1n) is 11.7. The van der Waals surface area contributed by atoms with E-state index in [4.69, 9.17) is 4.74 Å². The minimum absolute atomic E-state index is 0.00687. The number of methoxy groups -OCH3 is 1. The Morgan fingerprint density at radius 3 is 2.60 bits per heavy atom. The number of rotatable bonds is 8. The summed E-state index contributed by atoms with van der Waals surface area (Å²) >= 11 is 0. The molecule has 1 saturated carbocycles. The molecule has 5 nitrogen and oxygen atoms in total. The molecule has 1 aliphatic heterocycles. The van der Waals surface area contributed by atoms with Crippen molar-refractivity contribution in [3.63, 3.8) is 0 Å². The first-order chi connectivity index (χ1) is 14.4. The van der Waals surface area contributed by atoms with Crippen molar-refractivity contribution in [1.82, 2.24) is 9.80 Å². The molecule has 1 aromatic rings. The second-order valence-corrected chi connectivity index (χ2v) is 10.4. The van der Waals surface area contributed by atoms with Crippen LogP contribution in [0.1, 0.15) is 61.9 Å². The van der Waals surface area contributed by atoms with Crippen LogP contribution in [0, 0.1) is 5.92 Å². The number of benzene rings is 1. The van der Waals surface area contributed by atoms with Crippen LogP contribution < -0.4 is 5.32 Å². The molecule has 5 heteroatoms. The van der Waals surface area contributed by atoms with Crippen molar-refractivity contribution in [2.45, 2.75) is 63.5 Å². The van der Waals surface area contributed by atoms with Gasteiger partial charge in [0.1, 0.15) is 0 Å². The average Bonchev–Trinajstić information content (AvgIpc) is 3.54. The smallest absolute Gasteiger partial charge is 0.180 e. The molecule has 0 radical (unpaired) electrons. The number of fused-ring (bicyclic) bond motifs is 1. The van der Waals surface area contributed by atoms with E-state index in [0.29, 0.717) is 11.8 Å². The number of nitrogens with zero attached hydrogens (tertiary/aromatic N) is 2. The van der Waals surface area contributed by atoms with Crippen molar-refractivity contribution in [3.8, 4) is 0 Å².